The third-order valence-corrected chi connectivity index (χ3v) is 3.78. The summed E-state index contributed by atoms with van der Waals surface area (Å²) in [5.74, 6) is 0.542. The van der Waals surface area contributed by atoms with Crippen LogP contribution in [0, 0.1) is 24.9 Å². The van der Waals surface area contributed by atoms with E-state index in [-0.39, 0.29) is 0 Å². The zero-order valence-electron chi connectivity index (χ0n) is 11.8. The second kappa shape index (κ2) is 6.20. The van der Waals surface area contributed by atoms with Gasteiger partial charge in [0.25, 0.3) is 0 Å². The van der Waals surface area contributed by atoms with Gasteiger partial charge in [0.05, 0.1) is 5.56 Å². The summed E-state index contributed by atoms with van der Waals surface area (Å²) in [6, 6.07) is 7.35. The Labute approximate surface area is 114 Å². The number of aryl methyl sites for hydroxylation is 1. The summed E-state index contributed by atoms with van der Waals surface area (Å²) in [6.45, 7) is 6.19. The van der Waals surface area contributed by atoms with E-state index in [1.54, 1.807) is 6.07 Å². The van der Waals surface area contributed by atoms with Crippen molar-refractivity contribution < 1.29 is 14.6 Å². The summed E-state index contributed by atoms with van der Waals surface area (Å²) in [4.78, 5) is 22.2. The van der Waals surface area contributed by atoms with Crippen LogP contribution in [-0.2, 0) is 9.78 Å². The number of carbonyl (C=O) groups excluding carboxylic acids is 1. The van der Waals surface area contributed by atoms with Crippen LogP contribution < -0.4 is 0 Å². The van der Waals surface area contributed by atoms with Gasteiger partial charge in [0.2, 0.25) is 0 Å². The summed E-state index contributed by atoms with van der Waals surface area (Å²) in [7, 11) is 0. The number of carbonyl (C=O) groups is 1. The predicted molar refractivity (Wildman–Crippen MR) is 73.1 cm³/mol. The van der Waals surface area contributed by atoms with E-state index >= 15 is 0 Å². The summed E-state index contributed by atoms with van der Waals surface area (Å²) in [6.07, 6.45) is 4.07. The minimum absolute atomic E-state index is 0.362. The number of hydrogen-bond donors (Lipinski definition) is 0. The molecule has 3 heteroatoms. The van der Waals surface area contributed by atoms with Crippen LogP contribution in [0.1, 0.15) is 49.0 Å². The van der Waals surface area contributed by atoms with Crippen molar-refractivity contribution in [3.8, 4) is 0 Å². The molecule has 2 atom stereocenters. The van der Waals surface area contributed by atoms with Crippen LogP contribution >= 0.6 is 0 Å². The number of hydrogen-bond acceptors (Lipinski definition) is 3. The van der Waals surface area contributed by atoms with Gasteiger partial charge in [-0.1, -0.05) is 38.5 Å². The lowest BCUT2D eigenvalue weighted by molar-refractivity contribution is -0.248. The summed E-state index contributed by atoms with van der Waals surface area (Å²) >= 11 is 0. The molecule has 0 bridgehead atoms. The first-order valence-corrected chi connectivity index (χ1v) is 6.88. The van der Waals surface area contributed by atoms with Crippen LogP contribution in [0.4, 0.5) is 0 Å². The summed E-state index contributed by atoms with van der Waals surface area (Å²) < 4.78 is 0. The van der Waals surface area contributed by atoms with Crippen molar-refractivity contribution in [2.45, 2.75) is 40.0 Å². The average Bonchev–Trinajstić information content (AvgIpc) is 2.40. The summed E-state index contributed by atoms with van der Waals surface area (Å²) in [5, 5.41) is 0. The molecule has 0 spiro atoms. The van der Waals surface area contributed by atoms with Crippen molar-refractivity contribution in [2.75, 3.05) is 0 Å². The monoisotopic (exact) mass is 261 g/mol. The van der Waals surface area contributed by atoms with E-state index in [2.05, 4.69) is 13.8 Å². The maximum atomic E-state index is 11.9. The molecule has 1 aliphatic carbocycles. The fourth-order valence-electron chi connectivity index (χ4n) is 2.40. The predicted octanol–water partition coefficient (Wildman–Crippen LogP) is 4.07. The molecule has 1 aromatic carbocycles. The Morgan fingerprint density at radius 3 is 2.68 bits per heavy atom. The molecule has 2 rings (SSSR count). The minimum atomic E-state index is -0.420. The molecule has 0 N–H and O–H groups in total. The minimum Gasteiger partial charge on any atom is -0.292 e. The maximum absolute atomic E-state index is 11.9. The molecule has 1 radical (unpaired) electrons. The molecule has 103 valence electrons. The van der Waals surface area contributed by atoms with Gasteiger partial charge in [0.1, 0.15) is 0 Å². The van der Waals surface area contributed by atoms with Crippen molar-refractivity contribution in [1.82, 2.24) is 0 Å². The lowest BCUT2D eigenvalue weighted by Crippen LogP contribution is -2.23. The van der Waals surface area contributed by atoms with Gasteiger partial charge in [0, 0.05) is 0 Å². The first-order valence-electron chi connectivity index (χ1n) is 6.88. The van der Waals surface area contributed by atoms with Crippen molar-refractivity contribution in [1.29, 1.82) is 0 Å². The summed E-state index contributed by atoms with van der Waals surface area (Å²) in [5.41, 5.74) is 1.45. The highest BCUT2D eigenvalue weighted by atomic mass is 17.2. The molecule has 3 nitrogen and oxygen atoms in total. The first-order chi connectivity index (χ1) is 9.08. The molecule has 0 amide bonds. The van der Waals surface area contributed by atoms with Gasteiger partial charge < -0.3 is 0 Å². The maximum Gasteiger partial charge on any atom is 0.373 e. The molecular formula is C16H21O3. The molecule has 2 unspecified atom stereocenters. The quantitative estimate of drug-likeness (QED) is 0.607. The van der Waals surface area contributed by atoms with E-state index in [9.17, 15) is 4.79 Å². The Morgan fingerprint density at radius 2 is 1.95 bits per heavy atom. The highest BCUT2D eigenvalue weighted by Crippen LogP contribution is 2.35. The van der Waals surface area contributed by atoms with Crippen LogP contribution in [0.3, 0.4) is 0 Å². The fraction of sp³-hybridized carbons (Fsp3) is 0.500. The van der Waals surface area contributed by atoms with Crippen molar-refractivity contribution in [3.05, 3.63) is 41.5 Å². The molecule has 0 saturated heterocycles. The lowest BCUT2D eigenvalue weighted by Gasteiger charge is -2.29. The zero-order valence-corrected chi connectivity index (χ0v) is 11.8. The zero-order chi connectivity index (χ0) is 13.8. The highest BCUT2D eigenvalue weighted by Gasteiger charge is 2.29. The van der Waals surface area contributed by atoms with Gasteiger partial charge in [-0.25, -0.2) is 4.79 Å². The Hall–Kier alpha value is -1.35. The third-order valence-electron chi connectivity index (χ3n) is 3.78. The second-order valence-electron chi connectivity index (χ2n) is 5.52. The SMILES string of the molecule is Cc1ccccc1C(=O)OO[C]1CC(C)CCC1C. The van der Waals surface area contributed by atoms with E-state index in [4.69, 9.17) is 9.78 Å². The Kier molecular flexibility index (Phi) is 4.59. The second-order valence-corrected chi connectivity index (χ2v) is 5.52. The number of benzene rings is 1. The molecule has 19 heavy (non-hydrogen) atoms. The Balaban J connectivity index is 1.91. The molecule has 0 aliphatic heterocycles. The van der Waals surface area contributed by atoms with Gasteiger partial charge in [-0.3, -0.25) is 4.89 Å². The van der Waals surface area contributed by atoms with Crippen molar-refractivity contribution in [3.63, 3.8) is 0 Å². The van der Waals surface area contributed by atoms with E-state index in [1.807, 2.05) is 25.1 Å². The van der Waals surface area contributed by atoms with Crippen LogP contribution in [0.15, 0.2) is 24.3 Å². The average molecular weight is 261 g/mol. The standard InChI is InChI=1S/C16H21O3/c1-11-8-9-13(3)15(10-11)18-19-16(17)14-7-5-4-6-12(14)2/h4-7,11,13H,8-10H2,1-3H3. The van der Waals surface area contributed by atoms with Gasteiger partial charge in [-0.05, 0) is 43.2 Å². The number of rotatable bonds is 3. The molecule has 1 fully saturated rings. The van der Waals surface area contributed by atoms with Gasteiger partial charge in [-0.2, -0.15) is 4.89 Å². The van der Waals surface area contributed by atoms with E-state index < -0.39 is 5.97 Å². The lowest BCUT2D eigenvalue weighted by atomic mass is 9.82. The molecule has 1 saturated carbocycles. The third kappa shape index (κ3) is 3.57. The van der Waals surface area contributed by atoms with Gasteiger partial charge >= 0.3 is 5.97 Å². The Bertz CT molecular complexity index is 441. The highest BCUT2D eigenvalue weighted by molar-refractivity contribution is 5.90. The van der Waals surface area contributed by atoms with Gasteiger partial charge in [-0.15, -0.1) is 0 Å². The molecule has 1 aromatic rings. The topological polar surface area (TPSA) is 35.5 Å². The normalized spacial score (nSPS) is 24.2. The Morgan fingerprint density at radius 1 is 1.21 bits per heavy atom. The van der Waals surface area contributed by atoms with E-state index in [0.717, 1.165) is 24.5 Å². The van der Waals surface area contributed by atoms with Crippen LogP contribution in [-0.4, -0.2) is 5.97 Å². The molecular weight excluding hydrogens is 240 g/mol. The fourth-order valence-corrected chi connectivity index (χ4v) is 2.40. The molecule has 0 heterocycles. The largest absolute Gasteiger partial charge is 0.373 e. The van der Waals surface area contributed by atoms with Gasteiger partial charge in [0.15, 0.2) is 6.10 Å². The van der Waals surface area contributed by atoms with Crippen LogP contribution in [0.5, 0.6) is 0 Å². The van der Waals surface area contributed by atoms with Crippen LogP contribution in [0.2, 0.25) is 0 Å². The van der Waals surface area contributed by atoms with Crippen LogP contribution in [0.25, 0.3) is 0 Å². The molecule has 1 aliphatic rings. The molecule has 0 aromatic heterocycles. The first kappa shape index (κ1) is 14.1. The van der Waals surface area contributed by atoms with Crippen molar-refractivity contribution in [2.24, 2.45) is 11.8 Å². The smallest absolute Gasteiger partial charge is 0.292 e. The van der Waals surface area contributed by atoms with Crippen molar-refractivity contribution >= 4 is 5.97 Å². The van der Waals surface area contributed by atoms with E-state index in [1.165, 1.54) is 6.42 Å². The van der Waals surface area contributed by atoms with E-state index in [0.29, 0.717) is 17.4 Å².